The van der Waals surface area contributed by atoms with Crippen molar-refractivity contribution in [1.82, 2.24) is 15.4 Å². The van der Waals surface area contributed by atoms with Crippen molar-refractivity contribution in [3.05, 3.63) is 82.9 Å². The third kappa shape index (κ3) is 7.70. The van der Waals surface area contributed by atoms with E-state index < -0.39 is 27.5 Å². The number of fused-ring (bicyclic) bond motifs is 3. The summed E-state index contributed by atoms with van der Waals surface area (Å²) >= 11 is 0. The fraction of sp³-hybridized carbons (Fsp3) is 0.486. The highest BCUT2D eigenvalue weighted by Gasteiger charge is 2.47. The molecule has 3 aromatic rings. The van der Waals surface area contributed by atoms with Gasteiger partial charge in [-0.25, -0.2) is 13.1 Å². The third-order valence-electron chi connectivity index (χ3n) is 10.5. The number of benzene rings is 3. The number of hydrogen-bond donors (Lipinski definition) is 5. The Morgan fingerprint density at radius 1 is 0.872 bits per heavy atom. The average molecular weight is 658 g/mol. The predicted octanol–water partition coefficient (Wildman–Crippen LogP) is 4.84. The molecule has 0 bridgehead atoms. The van der Waals surface area contributed by atoms with E-state index in [0.29, 0.717) is 18.4 Å². The summed E-state index contributed by atoms with van der Waals surface area (Å²) in [6.07, 6.45) is 10.1. The zero-order chi connectivity index (χ0) is 33.0. The SMILES string of the molecule is N=C(N)c1ccc(CNC(=O)C2(NC(=O)[C@H](NS(=O)(=O)CC3CCCCC3)C3CCCCC3)Cc3ccc4ccccc4c3C2)cc1. The molecule has 2 saturated carbocycles. The van der Waals surface area contributed by atoms with E-state index in [0.717, 1.165) is 91.7 Å². The molecule has 0 aromatic heterocycles. The summed E-state index contributed by atoms with van der Waals surface area (Å²) in [6, 6.07) is 18.3. The van der Waals surface area contributed by atoms with E-state index in [9.17, 15) is 18.0 Å². The van der Waals surface area contributed by atoms with Crippen molar-refractivity contribution in [2.24, 2.45) is 17.6 Å². The summed E-state index contributed by atoms with van der Waals surface area (Å²) < 4.78 is 30.0. The van der Waals surface area contributed by atoms with Gasteiger partial charge in [-0.3, -0.25) is 15.0 Å². The largest absolute Gasteiger partial charge is 0.384 e. The number of hydrogen-bond acceptors (Lipinski definition) is 5. The molecular formula is C37H47N5O4S. The second-order valence-corrected chi connectivity index (χ2v) is 15.7. The molecule has 3 aliphatic rings. The highest BCUT2D eigenvalue weighted by atomic mass is 32.2. The van der Waals surface area contributed by atoms with Crippen molar-refractivity contribution in [1.29, 1.82) is 5.41 Å². The molecule has 47 heavy (non-hydrogen) atoms. The molecule has 6 rings (SSSR count). The van der Waals surface area contributed by atoms with Crippen LogP contribution in [0.4, 0.5) is 0 Å². The van der Waals surface area contributed by atoms with E-state index in [1.165, 1.54) is 0 Å². The first kappa shape index (κ1) is 33.2. The van der Waals surface area contributed by atoms with Gasteiger partial charge in [-0.05, 0) is 65.0 Å². The lowest BCUT2D eigenvalue weighted by molar-refractivity contribution is -0.134. The van der Waals surface area contributed by atoms with E-state index in [4.69, 9.17) is 11.1 Å². The highest BCUT2D eigenvalue weighted by Crippen LogP contribution is 2.37. The Bertz CT molecular complexity index is 1730. The van der Waals surface area contributed by atoms with E-state index >= 15 is 0 Å². The van der Waals surface area contributed by atoms with Gasteiger partial charge in [0.1, 0.15) is 17.4 Å². The van der Waals surface area contributed by atoms with Crippen LogP contribution in [0.3, 0.4) is 0 Å². The Morgan fingerprint density at radius 3 is 2.26 bits per heavy atom. The fourth-order valence-corrected chi connectivity index (χ4v) is 9.69. The maximum absolute atomic E-state index is 14.4. The van der Waals surface area contributed by atoms with E-state index in [2.05, 4.69) is 15.4 Å². The minimum absolute atomic E-state index is 0.0277. The van der Waals surface area contributed by atoms with Gasteiger partial charge in [0, 0.05) is 24.9 Å². The van der Waals surface area contributed by atoms with Crippen molar-refractivity contribution in [2.45, 2.75) is 95.2 Å². The van der Waals surface area contributed by atoms with Crippen LogP contribution in [0, 0.1) is 17.2 Å². The van der Waals surface area contributed by atoms with Gasteiger partial charge < -0.3 is 16.4 Å². The van der Waals surface area contributed by atoms with Crippen LogP contribution in [0.25, 0.3) is 10.8 Å². The molecule has 0 radical (unpaired) electrons. The van der Waals surface area contributed by atoms with Gasteiger partial charge in [0.05, 0.1) is 5.75 Å². The number of rotatable bonds is 11. The maximum Gasteiger partial charge on any atom is 0.246 e. The summed E-state index contributed by atoms with van der Waals surface area (Å²) in [4.78, 5) is 28.7. The first-order valence-electron chi connectivity index (χ1n) is 17.2. The maximum atomic E-state index is 14.4. The number of sulfonamides is 1. The monoisotopic (exact) mass is 657 g/mol. The fourth-order valence-electron chi connectivity index (χ4n) is 7.95. The number of nitrogens with one attached hydrogen (secondary N) is 4. The number of carbonyl (C=O) groups excluding carboxylic acids is 2. The van der Waals surface area contributed by atoms with Crippen molar-refractivity contribution in [3.8, 4) is 0 Å². The van der Waals surface area contributed by atoms with Crippen LogP contribution in [0.15, 0.2) is 60.7 Å². The summed E-state index contributed by atoms with van der Waals surface area (Å²) in [5.74, 6) is -0.754. The predicted molar refractivity (Wildman–Crippen MR) is 185 cm³/mol. The van der Waals surface area contributed by atoms with Gasteiger partial charge in [0.15, 0.2) is 0 Å². The van der Waals surface area contributed by atoms with Crippen LogP contribution in [-0.4, -0.2) is 43.4 Å². The van der Waals surface area contributed by atoms with E-state index in [1.54, 1.807) is 12.1 Å². The van der Waals surface area contributed by atoms with Gasteiger partial charge in [-0.15, -0.1) is 0 Å². The molecule has 250 valence electrons. The van der Waals surface area contributed by atoms with Crippen LogP contribution in [-0.2, 0) is 39.0 Å². The van der Waals surface area contributed by atoms with Crippen LogP contribution < -0.4 is 21.1 Å². The number of nitrogen functional groups attached to an aromatic ring is 1. The van der Waals surface area contributed by atoms with Crippen LogP contribution >= 0.6 is 0 Å². The molecule has 9 nitrogen and oxygen atoms in total. The van der Waals surface area contributed by atoms with Crippen molar-refractivity contribution in [2.75, 3.05) is 5.75 Å². The lowest BCUT2D eigenvalue weighted by Crippen LogP contribution is -2.64. The summed E-state index contributed by atoms with van der Waals surface area (Å²) in [7, 11) is -3.72. The minimum Gasteiger partial charge on any atom is -0.384 e. The number of nitrogens with two attached hydrogens (primary N) is 1. The standard InChI is InChI=1S/C37H47N5O4S/c38-34(39)29-17-15-25(16-18-29)23-40-36(44)37(21-30-20-19-27-11-7-8-14-31(27)32(30)22-37)41-35(43)33(28-12-5-2-6-13-28)42-47(45,46)24-26-9-3-1-4-10-26/h7-8,11,14-20,26,28,33,42H,1-6,9-10,12-13,21-24H2,(H3,38,39)(H,40,44)(H,41,43)/t33-,37?/m1/s1. The summed E-state index contributed by atoms with van der Waals surface area (Å²) in [5.41, 5.74) is 7.78. The smallest absolute Gasteiger partial charge is 0.246 e. The molecule has 1 unspecified atom stereocenters. The Labute approximate surface area is 278 Å². The Kier molecular flexibility index (Phi) is 9.98. The van der Waals surface area contributed by atoms with Gasteiger partial charge in [-0.2, -0.15) is 0 Å². The van der Waals surface area contributed by atoms with E-state index in [1.807, 2.05) is 48.5 Å². The molecule has 6 N–H and O–H groups in total. The van der Waals surface area contributed by atoms with Gasteiger partial charge in [-0.1, -0.05) is 99.2 Å². The molecule has 2 fully saturated rings. The number of amidine groups is 1. The van der Waals surface area contributed by atoms with Crippen molar-refractivity contribution < 1.29 is 18.0 Å². The second kappa shape index (κ2) is 14.2. The summed E-state index contributed by atoms with van der Waals surface area (Å²) in [6.45, 7) is 0.228. The third-order valence-corrected chi connectivity index (χ3v) is 12.0. The van der Waals surface area contributed by atoms with Crippen LogP contribution in [0.2, 0.25) is 0 Å². The normalized spacial score (nSPS) is 21.2. The number of amides is 2. The Morgan fingerprint density at radius 2 is 1.55 bits per heavy atom. The molecule has 2 atom stereocenters. The van der Waals surface area contributed by atoms with Crippen molar-refractivity contribution in [3.63, 3.8) is 0 Å². The van der Waals surface area contributed by atoms with E-state index in [-0.39, 0.29) is 35.9 Å². The minimum atomic E-state index is -3.72. The van der Waals surface area contributed by atoms with Gasteiger partial charge in [0.25, 0.3) is 0 Å². The lowest BCUT2D eigenvalue weighted by atomic mass is 9.83. The molecule has 2 amide bonds. The first-order valence-corrected chi connectivity index (χ1v) is 18.8. The molecule has 0 heterocycles. The van der Waals surface area contributed by atoms with Crippen LogP contribution in [0.1, 0.15) is 86.5 Å². The first-order chi connectivity index (χ1) is 22.6. The molecule has 0 saturated heterocycles. The van der Waals surface area contributed by atoms with Gasteiger partial charge in [0.2, 0.25) is 21.8 Å². The number of carbonyl (C=O) groups is 2. The topological polar surface area (TPSA) is 154 Å². The summed E-state index contributed by atoms with van der Waals surface area (Å²) in [5, 5.41) is 16.0. The van der Waals surface area contributed by atoms with Crippen LogP contribution in [0.5, 0.6) is 0 Å². The lowest BCUT2D eigenvalue weighted by Gasteiger charge is -2.35. The Hall–Kier alpha value is -3.76. The quantitative estimate of drug-likeness (QED) is 0.148. The molecule has 0 aliphatic heterocycles. The van der Waals surface area contributed by atoms with Crippen molar-refractivity contribution >= 4 is 38.4 Å². The highest BCUT2D eigenvalue weighted by molar-refractivity contribution is 7.89. The zero-order valence-corrected chi connectivity index (χ0v) is 27.8. The molecular weight excluding hydrogens is 611 g/mol. The molecule has 3 aliphatic carbocycles. The zero-order valence-electron chi connectivity index (χ0n) is 27.0. The van der Waals surface area contributed by atoms with Gasteiger partial charge >= 0.3 is 0 Å². The Balaban J connectivity index is 1.28. The molecule has 0 spiro atoms. The molecule has 3 aromatic carbocycles. The average Bonchev–Trinajstić information content (AvgIpc) is 3.47. The second-order valence-electron chi connectivity index (χ2n) is 13.9. The molecule has 10 heteroatoms.